The third kappa shape index (κ3) is 2.13. The van der Waals surface area contributed by atoms with Crippen molar-refractivity contribution in [2.45, 2.75) is 6.54 Å². The van der Waals surface area contributed by atoms with Crippen LogP contribution in [0.25, 0.3) is 0 Å². The number of aromatic hydroxyl groups is 1. The highest BCUT2D eigenvalue weighted by Gasteiger charge is 2.03. The smallest absolute Gasteiger partial charge is 0.203 e. The van der Waals surface area contributed by atoms with Gasteiger partial charge in [-0.15, -0.1) is 11.3 Å². The first-order valence-corrected chi connectivity index (χ1v) is 5.86. The van der Waals surface area contributed by atoms with Gasteiger partial charge in [0.15, 0.2) is 3.95 Å². The Morgan fingerprint density at radius 2 is 2.06 bits per heavy atom. The number of rotatable bonds is 2. The molecule has 0 unspecified atom stereocenters. The van der Waals surface area contributed by atoms with E-state index >= 15 is 0 Å². The zero-order valence-corrected chi connectivity index (χ0v) is 9.88. The highest BCUT2D eigenvalue weighted by molar-refractivity contribution is 7.73. The van der Waals surface area contributed by atoms with Gasteiger partial charge in [-0.2, -0.15) is 5.26 Å². The van der Waals surface area contributed by atoms with Crippen LogP contribution in [0.15, 0.2) is 29.6 Å². The van der Waals surface area contributed by atoms with Gasteiger partial charge in [0, 0.05) is 0 Å². The molecule has 0 bridgehead atoms. The molecule has 0 saturated heterocycles. The number of aromatic nitrogens is 1. The van der Waals surface area contributed by atoms with Crippen molar-refractivity contribution in [1.29, 1.82) is 5.26 Å². The molecule has 5 heteroatoms. The fourth-order valence-corrected chi connectivity index (χ4v) is 2.26. The summed E-state index contributed by atoms with van der Waals surface area (Å²) < 4.78 is 2.29. The van der Waals surface area contributed by atoms with E-state index in [2.05, 4.69) is 6.07 Å². The van der Waals surface area contributed by atoms with E-state index in [9.17, 15) is 5.11 Å². The summed E-state index contributed by atoms with van der Waals surface area (Å²) in [6.45, 7) is 0.528. The van der Waals surface area contributed by atoms with E-state index in [0.29, 0.717) is 16.1 Å². The van der Waals surface area contributed by atoms with E-state index in [1.165, 1.54) is 11.3 Å². The van der Waals surface area contributed by atoms with Crippen molar-refractivity contribution in [2.24, 2.45) is 0 Å². The molecule has 1 N–H and O–H groups in total. The first-order chi connectivity index (χ1) is 7.70. The molecule has 0 radical (unpaired) electrons. The molecule has 3 nitrogen and oxygen atoms in total. The van der Waals surface area contributed by atoms with Gasteiger partial charge in [0.2, 0.25) is 5.88 Å². The van der Waals surface area contributed by atoms with Crippen LogP contribution in [0.5, 0.6) is 5.88 Å². The van der Waals surface area contributed by atoms with Gasteiger partial charge in [-0.3, -0.25) is 4.57 Å². The Balaban J connectivity index is 2.28. The second kappa shape index (κ2) is 4.47. The van der Waals surface area contributed by atoms with E-state index < -0.39 is 0 Å². The van der Waals surface area contributed by atoms with Crippen LogP contribution in [0.1, 0.15) is 11.1 Å². The number of benzene rings is 1. The normalized spacial score (nSPS) is 9.94. The van der Waals surface area contributed by atoms with Crippen molar-refractivity contribution >= 4 is 23.6 Å². The SMILES string of the molecule is N#Cc1ccc(Cn2c(O)csc2=S)cc1. The summed E-state index contributed by atoms with van der Waals surface area (Å²) in [6, 6.07) is 9.28. The van der Waals surface area contributed by atoms with Gasteiger partial charge in [-0.25, -0.2) is 0 Å². The molecule has 16 heavy (non-hydrogen) atoms. The van der Waals surface area contributed by atoms with Crippen LogP contribution in [0.2, 0.25) is 0 Å². The van der Waals surface area contributed by atoms with Crippen molar-refractivity contribution in [2.75, 3.05) is 0 Å². The summed E-state index contributed by atoms with van der Waals surface area (Å²) >= 11 is 6.42. The third-order valence-electron chi connectivity index (χ3n) is 2.19. The molecule has 0 amide bonds. The molecule has 0 aliphatic heterocycles. The molecular formula is C11H8N2OS2. The predicted molar refractivity (Wildman–Crippen MR) is 65.1 cm³/mol. The van der Waals surface area contributed by atoms with E-state index in [1.54, 1.807) is 22.1 Å². The lowest BCUT2D eigenvalue weighted by Crippen LogP contribution is -1.98. The molecular weight excluding hydrogens is 240 g/mol. The second-order valence-electron chi connectivity index (χ2n) is 3.25. The van der Waals surface area contributed by atoms with E-state index in [-0.39, 0.29) is 5.88 Å². The summed E-state index contributed by atoms with van der Waals surface area (Å²) in [5, 5.41) is 19.8. The molecule has 1 aromatic carbocycles. The molecule has 0 aliphatic carbocycles. The van der Waals surface area contributed by atoms with Crippen LogP contribution in [0.4, 0.5) is 0 Å². The monoisotopic (exact) mass is 248 g/mol. The Hall–Kier alpha value is -1.64. The van der Waals surface area contributed by atoms with Crippen molar-refractivity contribution < 1.29 is 5.11 Å². The van der Waals surface area contributed by atoms with Gasteiger partial charge in [-0.05, 0) is 29.9 Å². The zero-order chi connectivity index (χ0) is 11.5. The lowest BCUT2D eigenvalue weighted by Gasteiger charge is -2.04. The summed E-state index contributed by atoms with van der Waals surface area (Å²) in [4.78, 5) is 0. The van der Waals surface area contributed by atoms with Gasteiger partial charge in [-0.1, -0.05) is 12.1 Å². The number of hydrogen-bond acceptors (Lipinski definition) is 4. The first kappa shape index (κ1) is 10.9. The predicted octanol–water partition coefficient (Wildman–Crippen LogP) is 2.90. The highest BCUT2D eigenvalue weighted by Crippen LogP contribution is 2.19. The molecule has 2 aromatic rings. The second-order valence-corrected chi connectivity index (χ2v) is 4.76. The summed E-state index contributed by atoms with van der Waals surface area (Å²) in [5.41, 5.74) is 1.63. The van der Waals surface area contributed by atoms with Crippen LogP contribution >= 0.6 is 23.6 Å². The maximum atomic E-state index is 9.55. The zero-order valence-electron chi connectivity index (χ0n) is 8.25. The standard InChI is InChI=1S/C11H8N2OS2/c12-5-8-1-3-9(4-2-8)6-13-10(14)7-16-11(13)15/h1-4,7,14H,6H2. The summed E-state index contributed by atoms with van der Waals surface area (Å²) in [5.74, 6) is 0.180. The van der Waals surface area contributed by atoms with Gasteiger partial charge < -0.3 is 5.11 Å². The maximum absolute atomic E-state index is 9.55. The Bertz CT molecular complexity index is 590. The minimum atomic E-state index is 0.180. The number of thiazole rings is 1. The molecule has 0 fully saturated rings. The quantitative estimate of drug-likeness (QED) is 0.831. The van der Waals surface area contributed by atoms with E-state index in [4.69, 9.17) is 17.5 Å². The minimum absolute atomic E-state index is 0.180. The average Bonchev–Trinajstić information content (AvgIpc) is 2.62. The van der Waals surface area contributed by atoms with Crippen LogP contribution in [0, 0.1) is 15.3 Å². The largest absolute Gasteiger partial charge is 0.494 e. The fourth-order valence-electron chi connectivity index (χ4n) is 1.34. The molecule has 1 aromatic heterocycles. The third-order valence-corrected chi connectivity index (χ3v) is 3.45. The van der Waals surface area contributed by atoms with Gasteiger partial charge in [0.05, 0.1) is 23.6 Å². The van der Waals surface area contributed by atoms with Crippen molar-refractivity contribution in [3.63, 3.8) is 0 Å². The van der Waals surface area contributed by atoms with Crippen molar-refractivity contribution in [1.82, 2.24) is 4.57 Å². The topological polar surface area (TPSA) is 49.0 Å². The molecule has 0 atom stereocenters. The van der Waals surface area contributed by atoms with Gasteiger partial charge in [0.25, 0.3) is 0 Å². The van der Waals surface area contributed by atoms with Gasteiger partial charge >= 0.3 is 0 Å². The Labute approximate surface area is 102 Å². The fraction of sp³-hybridized carbons (Fsp3) is 0.0909. The van der Waals surface area contributed by atoms with Crippen LogP contribution < -0.4 is 0 Å². The average molecular weight is 248 g/mol. The molecule has 0 spiro atoms. The Morgan fingerprint density at radius 3 is 2.56 bits per heavy atom. The molecule has 0 aliphatic rings. The van der Waals surface area contributed by atoms with Gasteiger partial charge in [0.1, 0.15) is 0 Å². The molecule has 0 saturated carbocycles. The Morgan fingerprint density at radius 1 is 1.38 bits per heavy atom. The lowest BCUT2D eigenvalue weighted by atomic mass is 10.1. The number of nitriles is 1. The summed E-state index contributed by atoms with van der Waals surface area (Å²) in [7, 11) is 0. The first-order valence-electron chi connectivity index (χ1n) is 4.57. The molecule has 2 rings (SSSR count). The molecule has 1 heterocycles. The van der Waals surface area contributed by atoms with Crippen LogP contribution in [-0.4, -0.2) is 9.67 Å². The van der Waals surface area contributed by atoms with E-state index in [1.807, 2.05) is 12.1 Å². The van der Waals surface area contributed by atoms with Crippen molar-refractivity contribution in [3.8, 4) is 11.9 Å². The minimum Gasteiger partial charge on any atom is -0.494 e. The highest BCUT2D eigenvalue weighted by atomic mass is 32.1. The number of hydrogen-bond donors (Lipinski definition) is 1. The van der Waals surface area contributed by atoms with Crippen LogP contribution in [0.3, 0.4) is 0 Å². The van der Waals surface area contributed by atoms with Crippen molar-refractivity contribution in [3.05, 3.63) is 44.7 Å². The Kier molecular flexibility index (Phi) is 3.04. The maximum Gasteiger partial charge on any atom is 0.203 e. The molecule has 80 valence electrons. The lowest BCUT2D eigenvalue weighted by molar-refractivity contribution is 0.423. The summed E-state index contributed by atoms with van der Waals surface area (Å²) in [6.07, 6.45) is 0. The number of nitrogens with zero attached hydrogens (tertiary/aromatic N) is 2. The van der Waals surface area contributed by atoms with E-state index in [0.717, 1.165) is 5.56 Å². The van der Waals surface area contributed by atoms with Crippen LogP contribution in [-0.2, 0) is 6.54 Å².